The molecular formula is C33H25N5O3S2. The van der Waals surface area contributed by atoms with Crippen molar-refractivity contribution in [1.82, 2.24) is 9.97 Å². The first-order valence-electron chi connectivity index (χ1n) is 13.3. The van der Waals surface area contributed by atoms with Gasteiger partial charge >= 0.3 is 0 Å². The Balaban J connectivity index is 1.19. The molecular weight excluding hydrogens is 579 g/mol. The second-order valence-corrected chi connectivity index (χ2v) is 12.4. The van der Waals surface area contributed by atoms with Gasteiger partial charge in [0.25, 0.3) is 10.0 Å². The van der Waals surface area contributed by atoms with Crippen molar-refractivity contribution in [3.8, 4) is 28.8 Å². The number of nitrogens with zero attached hydrogens (tertiary/aromatic N) is 3. The highest BCUT2D eigenvalue weighted by atomic mass is 32.2. The molecule has 2 aromatic heterocycles. The van der Waals surface area contributed by atoms with Gasteiger partial charge in [-0.2, -0.15) is 10.2 Å². The van der Waals surface area contributed by atoms with Gasteiger partial charge in [-0.1, -0.05) is 42.5 Å². The van der Waals surface area contributed by atoms with Gasteiger partial charge < -0.3 is 10.1 Å². The molecule has 8 nitrogen and oxygen atoms in total. The molecule has 6 aromatic rings. The normalized spacial score (nSPS) is 11.2. The molecule has 6 rings (SSSR count). The second-order valence-electron chi connectivity index (χ2n) is 9.84. The van der Waals surface area contributed by atoms with Crippen LogP contribution in [-0.2, 0) is 10.0 Å². The van der Waals surface area contributed by atoms with E-state index in [-0.39, 0.29) is 4.90 Å². The van der Waals surface area contributed by atoms with Crippen molar-refractivity contribution < 1.29 is 13.2 Å². The van der Waals surface area contributed by atoms with E-state index in [1.807, 2.05) is 55.6 Å². The fourth-order valence-electron chi connectivity index (χ4n) is 4.66. The monoisotopic (exact) mass is 603 g/mol. The van der Waals surface area contributed by atoms with Crippen molar-refractivity contribution in [2.24, 2.45) is 0 Å². The molecule has 4 aromatic carbocycles. The Labute approximate surface area is 253 Å². The van der Waals surface area contributed by atoms with Gasteiger partial charge in [0.05, 0.1) is 22.0 Å². The minimum atomic E-state index is -3.78. The van der Waals surface area contributed by atoms with Crippen molar-refractivity contribution in [3.05, 3.63) is 119 Å². The molecule has 0 amide bonds. The zero-order valence-corrected chi connectivity index (χ0v) is 24.8. The Hall–Kier alpha value is -5.24. The fourth-order valence-corrected chi connectivity index (χ4v) is 6.47. The van der Waals surface area contributed by atoms with E-state index in [0.717, 1.165) is 32.5 Å². The number of sulfonamides is 1. The summed E-state index contributed by atoms with van der Waals surface area (Å²) in [5, 5.41) is 14.4. The number of rotatable bonds is 8. The molecule has 0 aliphatic rings. The van der Waals surface area contributed by atoms with Crippen LogP contribution in [0.15, 0.2) is 107 Å². The summed E-state index contributed by atoms with van der Waals surface area (Å²) in [5.41, 5.74) is 6.00. The Morgan fingerprint density at radius 3 is 2.14 bits per heavy atom. The van der Waals surface area contributed by atoms with Crippen molar-refractivity contribution >= 4 is 48.9 Å². The van der Waals surface area contributed by atoms with E-state index in [2.05, 4.69) is 26.1 Å². The van der Waals surface area contributed by atoms with Crippen LogP contribution in [0, 0.1) is 25.2 Å². The average molecular weight is 604 g/mol. The molecule has 0 radical (unpaired) electrons. The molecule has 212 valence electrons. The van der Waals surface area contributed by atoms with Crippen molar-refractivity contribution in [2.75, 3.05) is 10.0 Å². The number of hydrogen-bond acceptors (Lipinski definition) is 8. The van der Waals surface area contributed by atoms with Crippen LogP contribution in [0.5, 0.6) is 11.6 Å². The van der Waals surface area contributed by atoms with Gasteiger partial charge in [-0.25, -0.2) is 13.4 Å². The van der Waals surface area contributed by atoms with Crippen molar-refractivity contribution in [2.45, 2.75) is 18.7 Å². The van der Waals surface area contributed by atoms with Gasteiger partial charge in [-0.15, -0.1) is 11.3 Å². The van der Waals surface area contributed by atoms with Crippen LogP contribution >= 0.6 is 11.3 Å². The predicted octanol–water partition coefficient (Wildman–Crippen LogP) is 8.18. The third-order valence-corrected chi connectivity index (χ3v) is 9.01. The van der Waals surface area contributed by atoms with Crippen LogP contribution < -0.4 is 14.8 Å². The minimum Gasteiger partial charge on any atom is -0.437 e. The van der Waals surface area contributed by atoms with Crippen LogP contribution in [0.2, 0.25) is 0 Å². The van der Waals surface area contributed by atoms with Crippen LogP contribution in [0.3, 0.4) is 0 Å². The number of anilines is 3. The average Bonchev–Trinajstić information content (AvgIpc) is 3.49. The summed E-state index contributed by atoms with van der Waals surface area (Å²) in [5.74, 6) is 1.38. The van der Waals surface area contributed by atoms with Crippen molar-refractivity contribution in [1.29, 1.82) is 5.26 Å². The zero-order valence-electron chi connectivity index (χ0n) is 23.2. The Morgan fingerprint density at radius 1 is 0.814 bits per heavy atom. The molecule has 0 fully saturated rings. The van der Waals surface area contributed by atoms with Gasteiger partial charge in [-0.05, 0) is 96.1 Å². The van der Waals surface area contributed by atoms with E-state index >= 15 is 0 Å². The smallest absolute Gasteiger partial charge is 0.261 e. The lowest BCUT2D eigenvalue weighted by Gasteiger charge is -2.13. The SMILES string of the molecule is Cc1cc(C#N)cc(C)c1Oc1nc(Nc2ccc(NS(=O)(=O)c3ccc(-c4ccccc4)cc3)cc2)nc2ccsc12. The van der Waals surface area contributed by atoms with E-state index < -0.39 is 10.0 Å². The van der Waals surface area contributed by atoms with Gasteiger partial charge in [0, 0.05) is 11.4 Å². The van der Waals surface area contributed by atoms with Gasteiger partial charge in [-0.3, -0.25) is 4.72 Å². The molecule has 0 atom stereocenters. The second kappa shape index (κ2) is 11.6. The highest BCUT2D eigenvalue weighted by molar-refractivity contribution is 7.92. The maximum Gasteiger partial charge on any atom is 0.261 e. The summed E-state index contributed by atoms with van der Waals surface area (Å²) in [6.07, 6.45) is 0. The molecule has 0 bridgehead atoms. The van der Waals surface area contributed by atoms with Crippen LogP contribution in [0.25, 0.3) is 21.3 Å². The highest BCUT2D eigenvalue weighted by Crippen LogP contribution is 2.36. The third kappa shape index (κ3) is 6.04. The maximum absolute atomic E-state index is 13.0. The van der Waals surface area contributed by atoms with Crippen molar-refractivity contribution in [3.63, 3.8) is 0 Å². The van der Waals surface area contributed by atoms with Gasteiger partial charge in [0.1, 0.15) is 10.4 Å². The molecule has 10 heteroatoms. The Kier molecular flexibility index (Phi) is 7.50. The lowest BCUT2D eigenvalue weighted by atomic mass is 10.1. The first-order chi connectivity index (χ1) is 20.8. The number of nitriles is 1. The highest BCUT2D eigenvalue weighted by Gasteiger charge is 2.17. The molecule has 0 aliphatic carbocycles. The number of fused-ring (bicyclic) bond motifs is 1. The minimum absolute atomic E-state index is 0.173. The zero-order chi connectivity index (χ0) is 30.0. The summed E-state index contributed by atoms with van der Waals surface area (Å²) in [7, 11) is -3.78. The first-order valence-corrected chi connectivity index (χ1v) is 15.7. The van der Waals surface area contributed by atoms with E-state index in [1.165, 1.54) is 11.3 Å². The van der Waals surface area contributed by atoms with Crippen LogP contribution in [-0.4, -0.2) is 18.4 Å². The fraction of sp³-hybridized carbons (Fsp3) is 0.0606. The molecule has 2 heterocycles. The topological polar surface area (TPSA) is 117 Å². The van der Waals surface area contributed by atoms with E-state index in [1.54, 1.807) is 60.7 Å². The number of ether oxygens (including phenoxy) is 1. The predicted molar refractivity (Wildman–Crippen MR) is 171 cm³/mol. The summed E-state index contributed by atoms with van der Waals surface area (Å²) in [4.78, 5) is 9.41. The molecule has 0 unspecified atom stereocenters. The maximum atomic E-state index is 13.0. The van der Waals surface area contributed by atoms with E-state index in [9.17, 15) is 13.7 Å². The number of thiophene rings is 1. The Bertz CT molecular complexity index is 2060. The number of aryl methyl sites for hydroxylation is 2. The lowest BCUT2D eigenvalue weighted by Crippen LogP contribution is -2.12. The summed E-state index contributed by atoms with van der Waals surface area (Å²) in [6, 6.07) is 31.0. The molecule has 0 saturated heterocycles. The quantitative estimate of drug-likeness (QED) is 0.180. The lowest BCUT2D eigenvalue weighted by molar-refractivity contribution is 0.463. The first kappa shape index (κ1) is 27.9. The van der Waals surface area contributed by atoms with Gasteiger partial charge in [0.2, 0.25) is 11.8 Å². The molecule has 43 heavy (non-hydrogen) atoms. The molecule has 2 N–H and O–H groups in total. The standard InChI is InChI=1S/C33H25N5O3S2/c1-21-18-23(20-34)19-22(2)30(21)41-32-31-29(16-17-42-31)36-33(37-32)35-26-10-12-27(13-11-26)38-43(39,40)28-14-8-25(9-15-28)24-6-4-3-5-7-24/h3-19,38H,1-2H3,(H,35,36,37). The van der Waals surface area contributed by atoms with E-state index in [0.29, 0.717) is 34.5 Å². The largest absolute Gasteiger partial charge is 0.437 e. The number of aromatic nitrogens is 2. The molecule has 0 aliphatic heterocycles. The number of benzene rings is 4. The van der Waals surface area contributed by atoms with Crippen LogP contribution in [0.4, 0.5) is 17.3 Å². The number of hydrogen-bond donors (Lipinski definition) is 2. The molecule has 0 spiro atoms. The third-order valence-electron chi connectivity index (χ3n) is 6.73. The van der Waals surface area contributed by atoms with Crippen LogP contribution in [0.1, 0.15) is 16.7 Å². The summed E-state index contributed by atoms with van der Waals surface area (Å²) in [6.45, 7) is 3.79. The van der Waals surface area contributed by atoms with Gasteiger partial charge in [0.15, 0.2) is 0 Å². The summed E-state index contributed by atoms with van der Waals surface area (Å²) < 4.78 is 35.7. The summed E-state index contributed by atoms with van der Waals surface area (Å²) >= 11 is 1.48. The van der Waals surface area contributed by atoms with E-state index in [4.69, 9.17) is 4.74 Å². The molecule has 0 saturated carbocycles. The Morgan fingerprint density at radius 2 is 1.47 bits per heavy atom. The number of nitrogens with one attached hydrogen (secondary N) is 2.